The molecule has 0 fully saturated rings. The topological polar surface area (TPSA) is 29.3 Å². The molecule has 5 aromatic rings. The number of hydrogen-bond donors (Lipinski definition) is 1. The van der Waals surface area contributed by atoms with Gasteiger partial charge in [0.25, 0.3) is 0 Å². The van der Waals surface area contributed by atoms with Gasteiger partial charge in [-0.25, -0.2) is 9.37 Å². The fourth-order valence-corrected chi connectivity index (χ4v) is 4.31. The van der Waals surface area contributed by atoms with Crippen LogP contribution in [0.4, 0.5) is 10.2 Å². The van der Waals surface area contributed by atoms with Crippen molar-refractivity contribution in [2.45, 2.75) is 13.5 Å². The molecule has 0 radical (unpaired) electrons. The van der Waals surface area contributed by atoms with E-state index in [-0.39, 0.29) is 5.82 Å². The largest absolute Gasteiger partial charge is 0.365 e. The van der Waals surface area contributed by atoms with E-state index in [1.54, 1.807) is 23.5 Å². The summed E-state index contributed by atoms with van der Waals surface area (Å²) in [7, 11) is 0. The molecule has 0 aliphatic heterocycles. The van der Waals surface area contributed by atoms with Crippen LogP contribution < -0.4 is 5.32 Å². The zero-order chi connectivity index (χ0) is 21.9. The van der Waals surface area contributed by atoms with Crippen molar-refractivity contribution in [2.75, 3.05) is 5.32 Å². The van der Waals surface area contributed by atoms with Gasteiger partial charge in [0.15, 0.2) is 0 Å². The van der Waals surface area contributed by atoms with Crippen LogP contribution in [0, 0.1) is 24.6 Å². The number of hydrogen-bond acceptors (Lipinski definition) is 3. The van der Waals surface area contributed by atoms with Crippen LogP contribution in [-0.4, -0.2) is 9.38 Å². The molecule has 0 aliphatic carbocycles. The monoisotopic (exact) mass is 437 g/mol. The molecule has 32 heavy (non-hydrogen) atoms. The van der Waals surface area contributed by atoms with Crippen LogP contribution in [-0.2, 0) is 6.54 Å². The van der Waals surface area contributed by atoms with Crippen molar-refractivity contribution >= 4 is 22.8 Å². The van der Waals surface area contributed by atoms with Gasteiger partial charge in [0.2, 0.25) is 0 Å². The average Bonchev–Trinajstić information content (AvgIpc) is 3.42. The Balaban J connectivity index is 1.49. The van der Waals surface area contributed by atoms with E-state index >= 15 is 0 Å². The van der Waals surface area contributed by atoms with Crippen molar-refractivity contribution in [3.63, 3.8) is 0 Å². The van der Waals surface area contributed by atoms with Crippen LogP contribution in [0.25, 0.3) is 16.2 Å². The highest BCUT2D eigenvalue weighted by molar-refractivity contribution is 7.16. The molecule has 5 rings (SSSR count). The number of nitrogens with zero attached hydrogens (tertiary/aromatic N) is 2. The van der Waals surface area contributed by atoms with Crippen LogP contribution in [0.5, 0.6) is 0 Å². The highest BCUT2D eigenvalue weighted by Gasteiger charge is 2.16. The molecule has 0 aliphatic rings. The number of imidazole rings is 1. The number of fused-ring (bicyclic) bond motifs is 1. The zero-order valence-corrected chi connectivity index (χ0v) is 18.3. The van der Waals surface area contributed by atoms with Crippen LogP contribution in [0.1, 0.15) is 21.6 Å². The number of nitrogens with one attached hydrogen (secondary N) is 1. The van der Waals surface area contributed by atoms with E-state index in [0.29, 0.717) is 6.54 Å². The number of halogens is 1. The van der Waals surface area contributed by atoms with Crippen LogP contribution in [0.15, 0.2) is 85.1 Å². The number of anilines is 1. The second-order valence-electron chi connectivity index (χ2n) is 7.50. The Morgan fingerprint density at radius 1 is 0.969 bits per heavy atom. The first-order chi connectivity index (χ1) is 15.7. The van der Waals surface area contributed by atoms with Crippen molar-refractivity contribution in [3.05, 3.63) is 112 Å². The molecular formula is C27H20FN3S. The average molecular weight is 438 g/mol. The first-order valence-corrected chi connectivity index (χ1v) is 11.1. The Morgan fingerprint density at radius 3 is 2.59 bits per heavy atom. The third-order valence-electron chi connectivity index (χ3n) is 5.10. The molecule has 0 bridgehead atoms. The van der Waals surface area contributed by atoms with Gasteiger partial charge in [0.05, 0.1) is 9.75 Å². The SMILES string of the molecule is Cc1ccn2c(NCc3ccc(F)cc3)c(-c3ccc(C#Cc4ccccc4)s3)nc2c1. The first-order valence-electron chi connectivity index (χ1n) is 10.3. The minimum absolute atomic E-state index is 0.234. The minimum Gasteiger partial charge on any atom is -0.365 e. The van der Waals surface area contributed by atoms with Gasteiger partial charge < -0.3 is 5.32 Å². The van der Waals surface area contributed by atoms with Gasteiger partial charge in [-0.1, -0.05) is 42.2 Å². The maximum Gasteiger partial charge on any atom is 0.139 e. The summed E-state index contributed by atoms with van der Waals surface area (Å²) in [6.07, 6.45) is 2.03. The predicted octanol–water partition coefficient (Wildman–Crippen LogP) is 6.52. The summed E-state index contributed by atoms with van der Waals surface area (Å²) in [4.78, 5) is 6.94. The van der Waals surface area contributed by atoms with E-state index in [0.717, 1.165) is 43.6 Å². The summed E-state index contributed by atoms with van der Waals surface area (Å²) in [5, 5.41) is 3.51. The molecule has 3 nitrogen and oxygen atoms in total. The number of pyridine rings is 1. The number of aryl methyl sites for hydroxylation is 1. The van der Waals surface area contributed by atoms with Crippen molar-refractivity contribution < 1.29 is 4.39 Å². The first kappa shape index (κ1) is 20.0. The lowest BCUT2D eigenvalue weighted by atomic mass is 10.2. The molecule has 156 valence electrons. The van der Waals surface area contributed by atoms with Crippen LogP contribution >= 0.6 is 11.3 Å². The molecule has 0 saturated carbocycles. The second kappa shape index (κ2) is 8.70. The van der Waals surface area contributed by atoms with E-state index in [4.69, 9.17) is 4.98 Å². The quantitative estimate of drug-likeness (QED) is 0.324. The third kappa shape index (κ3) is 4.27. The molecule has 1 N–H and O–H groups in total. The van der Waals surface area contributed by atoms with Gasteiger partial charge in [0, 0.05) is 18.3 Å². The summed E-state index contributed by atoms with van der Waals surface area (Å²) in [5.41, 5.74) is 4.91. The lowest BCUT2D eigenvalue weighted by Crippen LogP contribution is -2.03. The fraction of sp³-hybridized carbons (Fsp3) is 0.0741. The van der Waals surface area contributed by atoms with Gasteiger partial charge in [0.1, 0.15) is 23.0 Å². The zero-order valence-electron chi connectivity index (χ0n) is 17.5. The summed E-state index contributed by atoms with van der Waals surface area (Å²) in [6.45, 7) is 2.63. The van der Waals surface area contributed by atoms with Gasteiger partial charge in [-0.15, -0.1) is 11.3 Å². The van der Waals surface area contributed by atoms with E-state index in [1.165, 1.54) is 12.1 Å². The summed E-state index contributed by atoms with van der Waals surface area (Å²) in [5.74, 6) is 7.15. The Labute approximate surface area is 190 Å². The van der Waals surface area contributed by atoms with E-state index in [2.05, 4.69) is 46.7 Å². The molecule has 3 heterocycles. The molecule has 0 atom stereocenters. The van der Waals surface area contributed by atoms with Crippen molar-refractivity contribution in [1.82, 2.24) is 9.38 Å². The Morgan fingerprint density at radius 2 is 1.78 bits per heavy atom. The van der Waals surface area contributed by atoms with Crippen molar-refractivity contribution in [3.8, 4) is 22.4 Å². The molecular weight excluding hydrogens is 417 g/mol. The van der Waals surface area contributed by atoms with Crippen molar-refractivity contribution in [1.29, 1.82) is 0 Å². The molecule has 0 amide bonds. The molecule has 2 aromatic carbocycles. The predicted molar refractivity (Wildman–Crippen MR) is 129 cm³/mol. The normalized spacial score (nSPS) is 10.7. The Kier molecular flexibility index (Phi) is 5.45. The van der Waals surface area contributed by atoms with Gasteiger partial charge in [-0.05, 0) is 66.6 Å². The molecule has 0 unspecified atom stereocenters. The molecule has 0 spiro atoms. The van der Waals surface area contributed by atoms with Gasteiger partial charge in [-0.2, -0.15) is 0 Å². The maximum absolute atomic E-state index is 13.3. The third-order valence-corrected chi connectivity index (χ3v) is 6.11. The Bertz CT molecular complexity index is 1440. The fourth-order valence-electron chi connectivity index (χ4n) is 3.46. The number of aromatic nitrogens is 2. The highest BCUT2D eigenvalue weighted by Crippen LogP contribution is 2.34. The van der Waals surface area contributed by atoms with E-state index < -0.39 is 0 Å². The van der Waals surface area contributed by atoms with Crippen LogP contribution in [0.3, 0.4) is 0 Å². The van der Waals surface area contributed by atoms with Gasteiger partial charge >= 0.3 is 0 Å². The maximum atomic E-state index is 13.3. The number of thiophene rings is 1. The number of benzene rings is 2. The van der Waals surface area contributed by atoms with Crippen LogP contribution in [0.2, 0.25) is 0 Å². The molecule has 3 aromatic heterocycles. The lowest BCUT2D eigenvalue weighted by Gasteiger charge is -2.08. The molecule has 5 heteroatoms. The summed E-state index contributed by atoms with van der Waals surface area (Å²) < 4.78 is 15.3. The summed E-state index contributed by atoms with van der Waals surface area (Å²) >= 11 is 1.62. The standard InChI is InChI=1S/C27H20FN3S/c1-19-15-16-31-25(17-19)30-26(27(31)29-18-21-7-10-22(28)11-8-21)24-14-13-23(32-24)12-9-20-5-3-2-4-6-20/h2-8,10-11,13-17,29H,18H2,1H3. The minimum atomic E-state index is -0.234. The summed E-state index contributed by atoms with van der Waals surface area (Å²) in [6, 6.07) is 24.7. The van der Waals surface area contributed by atoms with E-state index in [1.807, 2.05) is 42.6 Å². The number of rotatable bonds is 4. The lowest BCUT2D eigenvalue weighted by molar-refractivity contribution is 0.627. The Hall–Kier alpha value is -3.88. The van der Waals surface area contributed by atoms with Gasteiger partial charge in [-0.3, -0.25) is 4.40 Å². The highest BCUT2D eigenvalue weighted by atomic mass is 32.1. The second-order valence-corrected chi connectivity index (χ2v) is 8.59. The van der Waals surface area contributed by atoms with E-state index in [9.17, 15) is 4.39 Å². The smallest absolute Gasteiger partial charge is 0.139 e. The molecule has 0 saturated heterocycles. The van der Waals surface area contributed by atoms with Crippen molar-refractivity contribution in [2.24, 2.45) is 0 Å².